The van der Waals surface area contributed by atoms with Crippen molar-refractivity contribution in [2.75, 3.05) is 26.1 Å². The van der Waals surface area contributed by atoms with Gasteiger partial charge in [-0.15, -0.1) is 10.2 Å². The van der Waals surface area contributed by atoms with E-state index in [0.717, 1.165) is 23.0 Å². The molecule has 35 heavy (non-hydrogen) atoms. The van der Waals surface area contributed by atoms with Crippen LogP contribution in [0.4, 0.5) is 9.93 Å². The largest absolute Gasteiger partial charge is 0.443 e. The molecule has 1 aliphatic carbocycles. The Morgan fingerprint density at radius 2 is 2.09 bits per heavy atom. The summed E-state index contributed by atoms with van der Waals surface area (Å²) < 4.78 is 24.2. The van der Waals surface area contributed by atoms with Crippen molar-refractivity contribution in [2.24, 2.45) is 11.8 Å². The molecule has 2 aliphatic heterocycles. The number of amides is 1. The Balaban J connectivity index is 1.41. The van der Waals surface area contributed by atoms with Crippen molar-refractivity contribution in [3.63, 3.8) is 0 Å². The molecule has 1 spiro atoms. The molecule has 4 rings (SSSR count). The molecule has 1 saturated carbocycles. The van der Waals surface area contributed by atoms with Crippen LogP contribution in [0.5, 0.6) is 0 Å². The maximum absolute atomic E-state index is 13.0. The van der Waals surface area contributed by atoms with Gasteiger partial charge in [0.1, 0.15) is 28.4 Å². The van der Waals surface area contributed by atoms with Gasteiger partial charge in [-0.3, -0.25) is 0 Å². The number of rotatable bonds is 10. The minimum absolute atomic E-state index is 0.00404. The number of carbonyl (C=O) groups excluding carboxylic acids is 1. The fourth-order valence-electron chi connectivity index (χ4n) is 5.47. The Labute approximate surface area is 212 Å². The molecule has 1 amide bonds. The molecule has 1 unspecified atom stereocenters. The number of aromatic nitrogens is 2. The van der Waals surface area contributed by atoms with Crippen LogP contribution in [0, 0.1) is 11.8 Å². The van der Waals surface area contributed by atoms with Crippen molar-refractivity contribution >= 4 is 22.6 Å². The molecular formula is C25H40N4O5S. The number of methoxy groups -OCH3 is 1. The number of anilines is 1. The smallest absolute Gasteiger partial charge is 0.407 e. The van der Waals surface area contributed by atoms with E-state index in [1.807, 2.05) is 7.05 Å². The highest BCUT2D eigenvalue weighted by atomic mass is 32.1. The van der Waals surface area contributed by atoms with E-state index in [4.69, 9.17) is 18.9 Å². The summed E-state index contributed by atoms with van der Waals surface area (Å²) >= 11 is 1.49. The molecule has 3 heterocycles. The van der Waals surface area contributed by atoms with Crippen LogP contribution in [-0.2, 0) is 25.4 Å². The monoisotopic (exact) mass is 508 g/mol. The third-order valence-corrected chi connectivity index (χ3v) is 8.64. The van der Waals surface area contributed by atoms with Crippen LogP contribution in [0.15, 0.2) is 11.6 Å². The number of epoxide rings is 2. The van der Waals surface area contributed by atoms with Gasteiger partial charge in [0.25, 0.3) is 0 Å². The highest BCUT2D eigenvalue weighted by Crippen LogP contribution is 2.59. The molecule has 3 fully saturated rings. The number of hydrogen-bond donors (Lipinski definition) is 2. The summed E-state index contributed by atoms with van der Waals surface area (Å²) in [6, 6.07) is -0.114. The van der Waals surface area contributed by atoms with E-state index in [1.165, 1.54) is 16.9 Å². The number of allylic oxidation sites excluding steroid dienone is 1. The van der Waals surface area contributed by atoms with E-state index in [9.17, 15) is 4.79 Å². The van der Waals surface area contributed by atoms with Gasteiger partial charge in [-0.2, -0.15) is 0 Å². The summed E-state index contributed by atoms with van der Waals surface area (Å²) in [4.78, 5) is 13.0. The lowest BCUT2D eigenvalue weighted by molar-refractivity contribution is -0.118. The van der Waals surface area contributed by atoms with Crippen molar-refractivity contribution < 1.29 is 23.7 Å². The SMILES string of the molecule is CNc1nnc(C[C@@H](NC(=O)O[C@@H]2CC[C@]3(CO3)C([C@@]3(C)O[C@@H]3CC=C(C)C)[C@@H]2OC)C(C)C)s1. The second-order valence-corrected chi connectivity index (χ2v) is 11.8. The predicted octanol–water partition coefficient (Wildman–Crippen LogP) is 3.95. The first-order valence-electron chi connectivity index (χ1n) is 12.6. The summed E-state index contributed by atoms with van der Waals surface area (Å²) in [6.07, 6.45) is 4.24. The molecule has 0 bridgehead atoms. The van der Waals surface area contributed by atoms with Gasteiger partial charge in [-0.05, 0) is 46.0 Å². The van der Waals surface area contributed by atoms with E-state index in [-0.39, 0.29) is 47.4 Å². The average molecular weight is 509 g/mol. The predicted molar refractivity (Wildman–Crippen MR) is 135 cm³/mol. The van der Waals surface area contributed by atoms with Gasteiger partial charge in [-0.25, -0.2) is 4.79 Å². The second kappa shape index (κ2) is 10.3. The van der Waals surface area contributed by atoms with Gasteiger partial charge >= 0.3 is 6.09 Å². The quantitative estimate of drug-likeness (QED) is 0.361. The third kappa shape index (κ3) is 5.65. The summed E-state index contributed by atoms with van der Waals surface area (Å²) in [6.45, 7) is 11.2. The molecule has 1 aromatic rings. The van der Waals surface area contributed by atoms with Crippen molar-refractivity contribution in [1.82, 2.24) is 15.5 Å². The maximum atomic E-state index is 13.0. The zero-order valence-corrected chi connectivity index (χ0v) is 22.7. The lowest BCUT2D eigenvalue weighted by Gasteiger charge is -2.42. The Morgan fingerprint density at radius 3 is 2.66 bits per heavy atom. The van der Waals surface area contributed by atoms with E-state index >= 15 is 0 Å². The summed E-state index contributed by atoms with van der Waals surface area (Å²) in [5, 5.41) is 16.0. The van der Waals surface area contributed by atoms with Crippen LogP contribution in [0.25, 0.3) is 0 Å². The Hall–Kier alpha value is -1.75. The lowest BCUT2D eigenvalue weighted by atomic mass is 9.68. The first-order valence-corrected chi connectivity index (χ1v) is 13.4. The molecule has 0 radical (unpaired) electrons. The van der Waals surface area contributed by atoms with Crippen molar-refractivity contribution in [1.29, 1.82) is 0 Å². The van der Waals surface area contributed by atoms with Gasteiger partial charge in [0.2, 0.25) is 5.13 Å². The lowest BCUT2D eigenvalue weighted by Crippen LogP contribution is -2.56. The normalized spacial score (nSPS) is 34.4. The van der Waals surface area contributed by atoms with Gasteiger partial charge in [0, 0.05) is 26.6 Å². The van der Waals surface area contributed by atoms with Gasteiger partial charge < -0.3 is 29.6 Å². The molecule has 10 heteroatoms. The number of nitrogens with zero attached hydrogens (tertiary/aromatic N) is 2. The number of carbonyl (C=O) groups is 1. The highest BCUT2D eigenvalue weighted by molar-refractivity contribution is 7.15. The Morgan fingerprint density at radius 1 is 1.34 bits per heavy atom. The molecule has 0 aromatic carbocycles. The minimum atomic E-state index is -0.427. The van der Waals surface area contributed by atoms with Crippen LogP contribution in [0.1, 0.15) is 58.9 Å². The first kappa shape index (κ1) is 26.3. The van der Waals surface area contributed by atoms with Crippen LogP contribution >= 0.6 is 11.3 Å². The highest BCUT2D eigenvalue weighted by Gasteiger charge is 2.72. The standard InChI is InChI=1S/C25H40N4O5S/c1-14(2)8-9-18-24(5,34-18)21-20(31-7)17(10-11-25(21)13-32-25)33-23(30)27-16(15(3)4)12-19-28-29-22(26-6)35-19/h8,15-18,20-21H,9-13H2,1-7H3,(H,26,29)(H,27,30)/t16-,17-,18-,20-,21?,24+,25+/m1/s1. The van der Waals surface area contributed by atoms with Gasteiger partial charge in [0.05, 0.1) is 18.6 Å². The molecule has 7 atom stereocenters. The molecule has 2 saturated heterocycles. The minimum Gasteiger partial charge on any atom is -0.443 e. The Kier molecular flexibility index (Phi) is 7.76. The zero-order valence-electron chi connectivity index (χ0n) is 21.9. The number of alkyl carbamates (subject to hydrolysis) is 1. The summed E-state index contributed by atoms with van der Waals surface area (Å²) in [7, 11) is 3.51. The number of ether oxygens (including phenoxy) is 4. The van der Waals surface area contributed by atoms with Crippen LogP contribution < -0.4 is 10.6 Å². The summed E-state index contributed by atoms with van der Waals surface area (Å²) in [5.41, 5.74) is 0.681. The maximum Gasteiger partial charge on any atom is 0.407 e. The van der Waals surface area contributed by atoms with E-state index in [2.05, 4.69) is 61.5 Å². The zero-order chi connectivity index (χ0) is 25.4. The van der Waals surface area contributed by atoms with E-state index in [0.29, 0.717) is 19.4 Å². The van der Waals surface area contributed by atoms with Crippen LogP contribution in [-0.4, -0.2) is 72.6 Å². The fraction of sp³-hybridized carbons (Fsp3) is 0.800. The van der Waals surface area contributed by atoms with Crippen LogP contribution in [0.2, 0.25) is 0 Å². The number of hydrogen-bond acceptors (Lipinski definition) is 9. The molecule has 1 aromatic heterocycles. The first-order chi connectivity index (χ1) is 16.6. The van der Waals surface area contributed by atoms with E-state index in [1.54, 1.807) is 7.11 Å². The van der Waals surface area contributed by atoms with Crippen molar-refractivity contribution in [3.05, 3.63) is 16.7 Å². The Bertz CT molecular complexity index is 929. The average Bonchev–Trinajstić information content (AvgIpc) is 3.67. The molecule has 9 nitrogen and oxygen atoms in total. The summed E-state index contributed by atoms with van der Waals surface area (Å²) in [5.74, 6) is 0.212. The fourth-order valence-corrected chi connectivity index (χ4v) is 6.22. The molecule has 2 N–H and O–H groups in total. The van der Waals surface area contributed by atoms with Gasteiger partial charge in [-0.1, -0.05) is 36.8 Å². The topological polar surface area (TPSA) is 110 Å². The number of nitrogens with one attached hydrogen (secondary N) is 2. The van der Waals surface area contributed by atoms with Crippen molar-refractivity contribution in [3.8, 4) is 0 Å². The second-order valence-electron chi connectivity index (χ2n) is 10.8. The molecular weight excluding hydrogens is 468 g/mol. The van der Waals surface area contributed by atoms with Crippen LogP contribution in [0.3, 0.4) is 0 Å². The molecule has 196 valence electrons. The van der Waals surface area contributed by atoms with E-state index < -0.39 is 6.09 Å². The molecule has 3 aliphatic rings. The third-order valence-electron chi connectivity index (χ3n) is 7.68. The van der Waals surface area contributed by atoms with Gasteiger partial charge in [0.15, 0.2) is 0 Å². The van der Waals surface area contributed by atoms with Crippen molar-refractivity contribution in [2.45, 2.75) is 95.9 Å².